The minimum Gasteiger partial charge on any atom is -0.378 e. The molecule has 2 aliphatic heterocycles. The maximum atomic E-state index is 5.48. The monoisotopic (exact) mass is 322 g/mol. The fraction of sp³-hybridized carbons (Fsp3) is 0.429. The standard InChI is InChI=1S/C21H26N2O/c1-2-5-18(6-3-1)16-22-10-4-7-19-15-21(9-8-20(19)17-22)23-11-13-24-14-12-23/h1-3,5-6,8-9,15H,4,7,10-14,16-17H2. The van der Waals surface area contributed by atoms with E-state index < -0.39 is 0 Å². The van der Waals surface area contributed by atoms with Gasteiger partial charge in [0.2, 0.25) is 0 Å². The molecule has 0 unspecified atom stereocenters. The Morgan fingerprint density at radius 3 is 2.54 bits per heavy atom. The molecule has 126 valence electrons. The van der Waals surface area contributed by atoms with Crippen LogP contribution in [0.3, 0.4) is 0 Å². The molecule has 0 amide bonds. The van der Waals surface area contributed by atoms with Crippen LogP contribution in [-0.4, -0.2) is 37.7 Å². The third-order valence-electron chi connectivity index (χ3n) is 5.13. The summed E-state index contributed by atoms with van der Waals surface area (Å²) < 4.78 is 5.48. The summed E-state index contributed by atoms with van der Waals surface area (Å²) in [5.41, 5.74) is 5.81. The zero-order chi connectivity index (χ0) is 16.2. The quantitative estimate of drug-likeness (QED) is 0.860. The first-order valence-electron chi connectivity index (χ1n) is 9.09. The van der Waals surface area contributed by atoms with E-state index in [4.69, 9.17) is 4.74 Å². The lowest BCUT2D eigenvalue weighted by atomic mass is 10.0. The van der Waals surface area contributed by atoms with Crippen LogP contribution in [-0.2, 0) is 24.2 Å². The summed E-state index contributed by atoms with van der Waals surface area (Å²) in [7, 11) is 0. The molecule has 0 aliphatic carbocycles. The van der Waals surface area contributed by atoms with E-state index in [1.54, 1.807) is 0 Å². The van der Waals surface area contributed by atoms with Gasteiger partial charge in [0.1, 0.15) is 0 Å². The maximum absolute atomic E-state index is 5.48. The molecular formula is C21H26N2O. The molecule has 2 aliphatic rings. The molecule has 0 aromatic heterocycles. The predicted molar refractivity (Wildman–Crippen MR) is 98.4 cm³/mol. The van der Waals surface area contributed by atoms with E-state index in [0.717, 1.165) is 39.4 Å². The van der Waals surface area contributed by atoms with E-state index in [1.165, 1.54) is 41.8 Å². The Morgan fingerprint density at radius 1 is 0.875 bits per heavy atom. The van der Waals surface area contributed by atoms with Gasteiger partial charge < -0.3 is 9.64 Å². The molecule has 0 bridgehead atoms. The number of morpholine rings is 1. The third kappa shape index (κ3) is 3.63. The van der Waals surface area contributed by atoms with Gasteiger partial charge in [-0.2, -0.15) is 0 Å². The second-order valence-electron chi connectivity index (χ2n) is 6.85. The molecule has 0 spiro atoms. The molecule has 0 N–H and O–H groups in total. The Bertz CT molecular complexity index is 665. The van der Waals surface area contributed by atoms with Crippen LogP contribution in [0.1, 0.15) is 23.1 Å². The van der Waals surface area contributed by atoms with Crippen LogP contribution in [0.4, 0.5) is 5.69 Å². The van der Waals surface area contributed by atoms with Crippen molar-refractivity contribution >= 4 is 5.69 Å². The lowest BCUT2D eigenvalue weighted by Crippen LogP contribution is -2.36. The lowest BCUT2D eigenvalue weighted by molar-refractivity contribution is 0.122. The van der Waals surface area contributed by atoms with Crippen molar-refractivity contribution in [1.29, 1.82) is 0 Å². The Labute approximate surface area is 144 Å². The minimum absolute atomic E-state index is 0.849. The summed E-state index contributed by atoms with van der Waals surface area (Å²) in [5, 5.41) is 0. The Balaban J connectivity index is 1.49. The molecule has 3 heteroatoms. The zero-order valence-corrected chi connectivity index (χ0v) is 14.3. The van der Waals surface area contributed by atoms with Gasteiger partial charge in [-0.3, -0.25) is 4.90 Å². The summed E-state index contributed by atoms with van der Waals surface area (Å²) in [6, 6.07) is 17.9. The second-order valence-corrected chi connectivity index (χ2v) is 6.85. The van der Waals surface area contributed by atoms with Crippen molar-refractivity contribution in [3.05, 3.63) is 65.2 Å². The van der Waals surface area contributed by atoms with Crippen LogP contribution in [0.5, 0.6) is 0 Å². The highest BCUT2D eigenvalue weighted by molar-refractivity contribution is 5.51. The highest BCUT2D eigenvalue weighted by atomic mass is 16.5. The van der Waals surface area contributed by atoms with Crippen molar-refractivity contribution < 1.29 is 4.74 Å². The van der Waals surface area contributed by atoms with Crippen molar-refractivity contribution in [2.45, 2.75) is 25.9 Å². The number of benzene rings is 2. The number of hydrogen-bond acceptors (Lipinski definition) is 3. The average Bonchev–Trinajstić information content (AvgIpc) is 2.84. The van der Waals surface area contributed by atoms with Gasteiger partial charge in [-0.05, 0) is 48.2 Å². The molecule has 2 aromatic rings. The summed E-state index contributed by atoms with van der Waals surface area (Å²) in [4.78, 5) is 5.03. The van der Waals surface area contributed by atoms with Crippen molar-refractivity contribution in [2.75, 3.05) is 37.7 Å². The van der Waals surface area contributed by atoms with Crippen molar-refractivity contribution in [3.8, 4) is 0 Å². The molecule has 24 heavy (non-hydrogen) atoms. The van der Waals surface area contributed by atoms with Crippen LogP contribution in [0.2, 0.25) is 0 Å². The predicted octanol–water partition coefficient (Wildman–Crippen LogP) is 3.47. The van der Waals surface area contributed by atoms with E-state index in [-0.39, 0.29) is 0 Å². The first kappa shape index (κ1) is 15.7. The van der Waals surface area contributed by atoms with Crippen molar-refractivity contribution in [3.63, 3.8) is 0 Å². The highest BCUT2D eigenvalue weighted by Crippen LogP contribution is 2.26. The summed E-state index contributed by atoms with van der Waals surface area (Å²) in [6.45, 7) is 7.01. The molecular weight excluding hydrogens is 296 g/mol. The average molecular weight is 322 g/mol. The molecule has 3 nitrogen and oxygen atoms in total. The van der Waals surface area contributed by atoms with E-state index in [9.17, 15) is 0 Å². The van der Waals surface area contributed by atoms with Gasteiger partial charge in [0.15, 0.2) is 0 Å². The summed E-state index contributed by atoms with van der Waals surface area (Å²) in [5.74, 6) is 0. The number of aryl methyl sites for hydroxylation is 1. The number of ether oxygens (including phenoxy) is 1. The van der Waals surface area contributed by atoms with Gasteiger partial charge in [-0.15, -0.1) is 0 Å². The zero-order valence-electron chi connectivity index (χ0n) is 14.3. The van der Waals surface area contributed by atoms with Gasteiger partial charge >= 0.3 is 0 Å². The van der Waals surface area contributed by atoms with Crippen molar-refractivity contribution in [1.82, 2.24) is 4.90 Å². The minimum atomic E-state index is 0.849. The van der Waals surface area contributed by atoms with Crippen LogP contribution in [0.25, 0.3) is 0 Å². The van der Waals surface area contributed by atoms with E-state index in [1.807, 2.05) is 0 Å². The highest BCUT2D eigenvalue weighted by Gasteiger charge is 2.17. The number of fused-ring (bicyclic) bond motifs is 1. The second kappa shape index (κ2) is 7.37. The largest absolute Gasteiger partial charge is 0.378 e. The van der Waals surface area contributed by atoms with Gasteiger partial charge in [0.25, 0.3) is 0 Å². The normalized spacial score (nSPS) is 18.9. The van der Waals surface area contributed by atoms with Crippen LogP contribution < -0.4 is 4.90 Å². The van der Waals surface area contributed by atoms with Crippen LogP contribution in [0.15, 0.2) is 48.5 Å². The molecule has 2 heterocycles. The molecule has 0 saturated carbocycles. The molecule has 0 radical (unpaired) electrons. The van der Waals surface area contributed by atoms with E-state index in [2.05, 4.69) is 58.3 Å². The lowest BCUT2D eigenvalue weighted by Gasteiger charge is -2.29. The van der Waals surface area contributed by atoms with Crippen molar-refractivity contribution in [2.24, 2.45) is 0 Å². The maximum Gasteiger partial charge on any atom is 0.0642 e. The van der Waals surface area contributed by atoms with E-state index in [0.29, 0.717) is 0 Å². The Morgan fingerprint density at radius 2 is 1.71 bits per heavy atom. The SMILES string of the molecule is c1ccc(CN2CCCc3cc(N4CCOCC4)ccc3C2)cc1. The summed E-state index contributed by atoms with van der Waals surface area (Å²) >= 11 is 0. The fourth-order valence-corrected chi connectivity index (χ4v) is 3.81. The molecule has 1 saturated heterocycles. The smallest absolute Gasteiger partial charge is 0.0642 e. The molecule has 0 atom stereocenters. The molecule has 2 aromatic carbocycles. The van der Waals surface area contributed by atoms with E-state index >= 15 is 0 Å². The summed E-state index contributed by atoms with van der Waals surface area (Å²) in [6.07, 6.45) is 2.44. The molecule has 1 fully saturated rings. The Kier molecular flexibility index (Phi) is 4.81. The molecule has 4 rings (SSSR count). The first-order valence-corrected chi connectivity index (χ1v) is 9.09. The van der Waals surface area contributed by atoms with Gasteiger partial charge in [0.05, 0.1) is 13.2 Å². The fourth-order valence-electron chi connectivity index (χ4n) is 3.81. The number of rotatable bonds is 3. The number of anilines is 1. The first-order chi connectivity index (χ1) is 11.9. The van der Waals surface area contributed by atoms with Gasteiger partial charge in [-0.1, -0.05) is 36.4 Å². The topological polar surface area (TPSA) is 15.7 Å². The van der Waals surface area contributed by atoms with Crippen LogP contribution >= 0.6 is 0 Å². The third-order valence-corrected chi connectivity index (χ3v) is 5.13. The number of nitrogens with zero attached hydrogens (tertiary/aromatic N) is 2. The van der Waals surface area contributed by atoms with Gasteiger partial charge in [0, 0.05) is 31.9 Å². The Hall–Kier alpha value is -1.84. The number of hydrogen-bond donors (Lipinski definition) is 0. The van der Waals surface area contributed by atoms with Gasteiger partial charge in [-0.25, -0.2) is 0 Å². The van der Waals surface area contributed by atoms with Crippen LogP contribution in [0, 0.1) is 0 Å².